The van der Waals surface area contributed by atoms with Gasteiger partial charge in [0.05, 0.1) is 4.92 Å². The van der Waals surface area contributed by atoms with Crippen LogP contribution in [0.15, 0.2) is 18.2 Å². The minimum atomic E-state index is -0.432. The first-order valence-electron chi connectivity index (χ1n) is 9.78. The highest BCUT2D eigenvalue weighted by Crippen LogP contribution is 2.33. The molecule has 2 amide bonds. The van der Waals surface area contributed by atoms with Crippen LogP contribution in [-0.2, 0) is 4.79 Å². The van der Waals surface area contributed by atoms with E-state index < -0.39 is 10.8 Å². The SMILES string of the molecule is CC1CC(C)CN(c2ccc(C(=O)NCCNC(=O)C(C)C)cc2[N+](=O)[O-])C1. The zero-order valence-electron chi connectivity index (χ0n) is 17.0. The van der Waals surface area contributed by atoms with E-state index in [-0.39, 0.29) is 29.6 Å². The predicted octanol–water partition coefficient (Wildman–Crippen LogP) is 2.58. The molecule has 0 bridgehead atoms. The molecule has 1 saturated heterocycles. The zero-order chi connectivity index (χ0) is 20.8. The summed E-state index contributed by atoms with van der Waals surface area (Å²) in [6.07, 6.45) is 1.11. The molecule has 1 aliphatic rings. The first-order chi connectivity index (χ1) is 13.2. The van der Waals surface area contributed by atoms with Crippen molar-refractivity contribution in [2.45, 2.75) is 34.1 Å². The fourth-order valence-electron chi connectivity index (χ4n) is 3.61. The van der Waals surface area contributed by atoms with Gasteiger partial charge in [-0.15, -0.1) is 0 Å². The molecule has 154 valence electrons. The molecule has 1 aromatic rings. The summed E-state index contributed by atoms with van der Waals surface area (Å²) in [4.78, 5) is 37.0. The van der Waals surface area contributed by atoms with Crippen molar-refractivity contribution in [3.05, 3.63) is 33.9 Å². The lowest BCUT2D eigenvalue weighted by Gasteiger charge is -2.36. The Morgan fingerprint density at radius 2 is 1.79 bits per heavy atom. The first-order valence-corrected chi connectivity index (χ1v) is 9.78. The van der Waals surface area contributed by atoms with Crippen molar-refractivity contribution in [2.75, 3.05) is 31.1 Å². The van der Waals surface area contributed by atoms with Crippen LogP contribution in [0.1, 0.15) is 44.5 Å². The van der Waals surface area contributed by atoms with Crippen LogP contribution in [0.5, 0.6) is 0 Å². The number of carbonyl (C=O) groups excluding carboxylic acids is 2. The lowest BCUT2D eigenvalue weighted by Crippen LogP contribution is -2.39. The summed E-state index contributed by atoms with van der Waals surface area (Å²) < 4.78 is 0. The summed E-state index contributed by atoms with van der Waals surface area (Å²) in [5, 5.41) is 17.0. The van der Waals surface area contributed by atoms with Crippen LogP contribution in [0.4, 0.5) is 11.4 Å². The van der Waals surface area contributed by atoms with E-state index in [0.717, 1.165) is 19.5 Å². The number of benzene rings is 1. The fourth-order valence-corrected chi connectivity index (χ4v) is 3.61. The number of nitro groups is 1. The van der Waals surface area contributed by atoms with Crippen molar-refractivity contribution in [1.29, 1.82) is 0 Å². The molecule has 1 heterocycles. The molecule has 0 aliphatic carbocycles. The van der Waals surface area contributed by atoms with Gasteiger partial charge in [-0.25, -0.2) is 0 Å². The second kappa shape index (κ2) is 9.52. The van der Waals surface area contributed by atoms with E-state index in [0.29, 0.717) is 24.1 Å². The average Bonchev–Trinajstić information content (AvgIpc) is 2.63. The molecule has 0 aromatic heterocycles. The van der Waals surface area contributed by atoms with Crippen molar-refractivity contribution in [2.24, 2.45) is 17.8 Å². The third-order valence-electron chi connectivity index (χ3n) is 4.88. The highest BCUT2D eigenvalue weighted by atomic mass is 16.6. The van der Waals surface area contributed by atoms with Crippen LogP contribution < -0.4 is 15.5 Å². The summed E-state index contributed by atoms with van der Waals surface area (Å²) in [5.74, 6) is 0.332. The fraction of sp³-hybridized carbons (Fsp3) is 0.600. The number of amides is 2. The van der Waals surface area contributed by atoms with Crippen LogP contribution >= 0.6 is 0 Å². The predicted molar refractivity (Wildman–Crippen MR) is 108 cm³/mol. The Labute approximate surface area is 165 Å². The lowest BCUT2D eigenvalue weighted by molar-refractivity contribution is -0.384. The molecular formula is C20H30N4O4. The van der Waals surface area contributed by atoms with E-state index in [1.807, 2.05) is 4.90 Å². The molecule has 8 nitrogen and oxygen atoms in total. The van der Waals surface area contributed by atoms with Gasteiger partial charge in [0.15, 0.2) is 0 Å². The molecule has 1 aromatic carbocycles. The van der Waals surface area contributed by atoms with Crippen molar-refractivity contribution < 1.29 is 14.5 Å². The monoisotopic (exact) mass is 390 g/mol. The number of anilines is 1. The number of nitrogens with one attached hydrogen (secondary N) is 2. The number of hydrogen-bond acceptors (Lipinski definition) is 5. The highest BCUT2D eigenvalue weighted by molar-refractivity contribution is 5.95. The average molecular weight is 390 g/mol. The number of piperidine rings is 1. The quantitative estimate of drug-likeness (QED) is 0.423. The topological polar surface area (TPSA) is 105 Å². The number of nitrogens with zero attached hydrogens (tertiary/aromatic N) is 2. The maximum Gasteiger partial charge on any atom is 0.293 e. The Hall–Kier alpha value is -2.64. The number of hydrogen-bond donors (Lipinski definition) is 2. The third-order valence-corrected chi connectivity index (χ3v) is 4.88. The molecule has 0 spiro atoms. The lowest BCUT2D eigenvalue weighted by atomic mass is 9.91. The molecule has 1 aliphatic heterocycles. The Balaban J connectivity index is 2.06. The Kier molecular flexibility index (Phi) is 7.37. The van der Waals surface area contributed by atoms with E-state index in [2.05, 4.69) is 24.5 Å². The van der Waals surface area contributed by atoms with E-state index in [9.17, 15) is 19.7 Å². The maximum atomic E-state index is 12.3. The van der Waals surface area contributed by atoms with E-state index in [1.165, 1.54) is 6.07 Å². The van der Waals surface area contributed by atoms with Gasteiger partial charge in [-0.1, -0.05) is 27.7 Å². The second-order valence-electron chi connectivity index (χ2n) is 8.01. The van der Waals surface area contributed by atoms with Gasteiger partial charge in [0, 0.05) is 43.7 Å². The molecule has 0 radical (unpaired) electrons. The van der Waals surface area contributed by atoms with Gasteiger partial charge in [-0.3, -0.25) is 19.7 Å². The second-order valence-corrected chi connectivity index (χ2v) is 8.01. The summed E-state index contributed by atoms with van der Waals surface area (Å²) in [7, 11) is 0. The molecule has 2 N–H and O–H groups in total. The van der Waals surface area contributed by atoms with Gasteiger partial charge in [-0.05, 0) is 30.4 Å². The van der Waals surface area contributed by atoms with Crippen molar-refractivity contribution in [1.82, 2.24) is 10.6 Å². The van der Waals surface area contributed by atoms with Crippen LogP contribution in [0.3, 0.4) is 0 Å². The van der Waals surface area contributed by atoms with E-state index in [1.54, 1.807) is 26.0 Å². The first kappa shape index (κ1) is 21.7. The maximum absolute atomic E-state index is 12.3. The Morgan fingerprint density at radius 1 is 1.18 bits per heavy atom. The minimum absolute atomic E-state index is 0.0536. The normalized spacial score (nSPS) is 19.4. The van der Waals surface area contributed by atoms with Crippen LogP contribution in [-0.4, -0.2) is 42.9 Å². The Morgan fingerprint density at radius 3 is 2.36 bits per heavy atom. The van der Waals surface area contributed by atoms with Crippen molar-refractivity contribution in [3.8, 4) is 0 Å². The smallest absolute Gasteiger partial charge is 0.293 e. The van der Waals surface area contributed by atoms with Crippen molar-refractivity contribution >= 4 is 23.2 Å². The van der Waals surface area contributed by atoms with E-state index >= 15 is 0 Å². The standard InChI is InChI=1S/C20H30N4O4/c1-13(2)19(25)21-7-8-22-20(26)16-5-6-17(18(10-16)24(27)28)23-11-14(3)9-15(4)12-23/h5-6,10,13-15H,7-9,11-12H2,1-4H3,(H,21,25)(H,22,26). The number of nitro benzene ring substituents is 1. The largest absolute Gasteiger partial charge is 0.365 e. The molecule has 0 saturated carbocycles. The minimum Gasteiger partial charge on any atom is -0.365 e. The molecule has 1 fully saturated rings. The molecule has 28 heavy (non-hydrogen) atoms. The van der Waals surface area contributed by atoms with Crippen LogP contribution in [0, 0.1) is 27.9 Å². The number of rotatable bonds is 7. The molecule has 2 atom stereocenters. The third kappa shape index (κ3) is 5.68. The highest BCUT2D eigenvalue weighted by Gasteiger charge is 2.27. The van der Waals surface area contributed by atoms with Crippen molar-refractivity contribution in [3.63, 3.8) is 0 Å². The van der Waals surface area contributed by atoms with Gasteiger partial charge in [0.2, 0.25) is 5.91 Å². The molecule has 2 unspecified atom stereocenters. The summed E-state index contributed by atoms with van der Waals surface area (Å²) in [6, 6.07) is 4.62. The van der Waals surface area contributed by atoms with Gasteiger partial charge in [0.25, 0.3) is 11.6 Å². The van der Waals surface area contributed by atoms with E-state index in [4.69, 9.17) is 0 Å². The van der Waals surface area contributed by atoms with Crippen LogP contribution in [0.2, 0.25) is 0 Å². The Bertz CT molecular complexity index is 725. The van der Waals surface area contributed by atoms with Gasteiger partial charge in [0.1, 0.15) is 5.69 Å². The van der Waals surface area contributed by atoms with Gasteiger partial charge < -0.3 is 15.5 Å². The molecule has 2 rings (SSSR count). The van der Waals surface area contributed by atoms with Gasteiger partial charge in [-0.2, -0.15) is 0 Å². The molecular weight excluding hydrogens is 360 g/mol. The van der Waals surface area contributed by atoms with Gasteiger partial charge >= 0.3 is 0 Å². The summed E-state index contributed by atoms with van der Waals surface area (Å²) in [5.41, 5.74) is 0.745. The summed E-state index contributed by atoms with van der Waals surface area (Å²) >= 11 is 0. The zero-order valence-corrected chi connectivity index (χ0v) is 17.0. The summed E-state index contributed by atoms with van der Waals surface area (Å²) in [6.45, 7) is 9.98. The number of carbonyl (C=O) groups is 2. The van der Waals surface area contributed by atoms with Crippen LogP contribution in [0.25, 0.3) is 0 Å². The molecule has 8 heteroatoms.